The second-order valence-corrected chi connectivity index (χ2v) is 4.74. The summed E-state index contributed by atoms with van der Waals surface area (Å²) < 4.78 is 26.1. The number of hydrogen-bond acceptors (Lipinski definition) is 1. The van der Waals surface area contributed by atoms with Crippen molar-refractivity contribution >= 4 is 11.0 Å². The first-order chi connectivity index (χ1) is 8.24. The summed E-state index contributed by atoms with van der Waals surface area (Å²) >= 11 is 0. The highest BCUT2D eigenvalue weighted by Crippen LogP contribution is 2.32. The van der Waals surface area contributed by atoms with Crippen molar-refractivity contribution < 1.29 is 8.78 Å². The standard InChI is InChI=1S/C13H14F2N2/c14-9-6-11-12(7-10(9)15)17-13(16-11)8-4-2-1-3-5-8/h6-8H,1-5H2,(H,16,17). The molecule has 0 aliphatic heterocycles. The minimum atomic E-state index is -0.834. The average Bonchev–Trinajstić information content (AvgIpc) is 2.74. The van der Waals surface area contributed by atoms with Crippen molar-refractivity contribution in [2.75, 3.05) is 0 Å². The molecule has 0 amide bonds. The van der Waals surface area contributed by atoms with Crippen LogP contribution in [0.15, 0.2) is 12.1 Å². The van der Waals surface area contributed by atoms with Crippen molar-refractivity contribution in [2.45, 2.75) is 38.0 Å². The monoisotopic (exact) mass is 236 g/mol. The van der Waals surface area contributed by atoms with Crippen molar-refractivity contribution in [3.8, 4) is 0 Å². The normalized spacial score (nSPS) is 17.8. The highest BCUT2D eigenvalue weighted by atomic mass is 19.2. The van der Waals surface area contributed by atoms with E-state index >= 15 is 0 Å². The number of fused-ring (bicyclic) bond motifs is 1. The summed E-state index contributed by atoms with van der Waals surface area (Å²) in [5.41, 5.74) is 1.11. The predicted octanol–water partition coefficient (Wildman–Crippen LogP) is 3.89. The van der Waals surface area contributed by atoms with E-state index in [9.17, 15) is 8.78 Å². The van der Waals surface area contributed by atoms with Crippen LogP contribution in [0, 0.1) is 11.6 Å². The Kier molecular flexibility index (Phi) is 2.57. The molecule has 1 fully saturated rings. The van der Waals surface area contributed by atoms with Crippen molar-refractivity contribution in [1.29, 1.82) is 0 Å². The highest BCUT2D eigenvalue weighted by molar-refractivity contribution is 5.75. The Morgan fingerprint density at radius 3 is 2.53 bits per heavy atom. The van der Waals surface area contributed by atoms with Crippen LogP contribution in [-0.4, -0.2) is 9.97 Å². The van der Waals surface area contributed by atoms with Gasteiger partial charge in [0.25, 0.3) is 0 Å². The van der Waals surface area contributed by atoms with Crippen LogP contribution in [0.4, 0.5) is 8.78 Å². The van der Waals surface area contributed by atoms with Gasteiger partial charge in [0, 0.05) is 18.1 Å². The van der Waals surface area contributed by atoms with Crippen molar-refractivity contribution in [1.82, 2.24) is 9.97 Å². The number of rotatable bonds is 1. The molecule has 0 unspecified atom stereocenters. The van der Waals surface area contributed by atoms with Gasteiger partial charge in [-0.2, -0.15) is 0 Å². The highest BCUT2D eigenvalue weighted by Gasteiger charge is 2.19. The molecule has 0 saturated heterocycles. The molecule has 1 heterocycles. The smallest absolute Gasteiger partial charge is 0.161 e. The molecule has 0 radical (unpaired) electrons. The Labute approximate surface area is 98.1 Å². The van der Waals surface area contributed by atoms with E-state index in [1.165, 1.54) is 25.3 Å². The SMILES string of the molecule is Fc1cc2nc(C3CCCCC3)[nH]c2cc1F. The van der Waals surface area contributed by atoms with Crippen LogP contribution in [0.1, 0.15) is 43.8 Å². The number of H-pyrrole nitrogens is 1. The summed E-state index contributed by atoms with van der Waals surface area (Å²) in [5, 5.41) is 0. The first-order valence-corrected chi connectivity index (χ1v) is 6.09. The van der Waals surface area contributed by atoms with Gasteiger partial charge in [0.2, 0.25) is 0 Å². The van der Waals surface area contributed by atoms with Crippen LogP contribution in [0.25, 0.3) is 11.0 Å². The van der Waals surface area contributed by atoms with E-state index in [-0.39, 0.29) is 0 Å². The van der Waals surface area contributed by atoms with Crippen LogP contribution < -0.4 is 0 Å². The zero-order chi connectivity index (χ0) is 11.8. The minimum absolute atomic E-state index is 0.419. The first kappa shape index (κ1) is 10.7. The fourth-order valence-corrected chi connectivity index (χ4v) is 2.59. The lowest BCUT2D eigenvalue weighted by atomic mass is 9.89. The number of hydrogen-bond donors (Lipinski definition) is 1. The predicted molar refractivity (Wildman–Crippen MR) is 61.8 cm³/mol. The fourth-order valence-electron chi connectivity index (χ4n) is 2.59. The van der Waals surface area contributed by atoms with Crippen LogP contribution >= 0.6 is 0 Å². The molecule has 2 nitrogen and oxygen atoms in total. The molecule has 1 aliphatic carbocycles. The third kappa shape index (κ3) is 1.92. The molecule has 0 atom stereocenters. The van der Waals surface area contributed by atoms with Gasteiger partial charge in [0.1, 0.15) is 5.82 Å². The van der Waals surface area contributed by atoms with Crippen LogP contribution in [0.3, 0.4) is 0 Å². The number of nitrogens with zero attached hydrogens (tertiary/aromatic N) is 1. The molecular weight excluding hydrogens is 222 g/mol. The van der Waals surface area contributed by atoms with E-state index in [0.717, 1.165) is 24.7 Å². The molecule has 0 bridgehead atoms. The van der Waals surface area contributed by atoms with Crippen LogP contribution in [0.2, 0.25) is 0 Å². The number of aromatic amines is 1. The third-order valence-electron chi connectivity index (χ3n) is 3.53. The third-order valence-corrected chi connectivity index (χ3v) is 3.53. The topological polar surface area (TPSA) is 28.7 Å². The van der Waals surface area contributed by atoms with Gasteiger partial charge in [0.15, 0.2) is 11.6 Å². The van der Waals surface area contributed by atoms with Crippen molar-refractivity contribution in [3.63, 3.8) is 0 Å². The Hall–Kier alpha value is -1.45. The summed E-state index contributed by atoms with van der Waals surface area (Å²) in [5.74, 6) is -0.359. The van der Waals surface area contributed by atoms with E-state index in [0.29, 0.717) is 17.0 Å². The quantitative estimate of drug-likeness (QED) is 0.799. The molecule has 1 saturated carbocycles. The molecule has 90 valence electrons. The van der Waals surface area contributed by atoms with Crippen LogP contribution in [0.5, 0.6) is 0 Å². The Balaban J connectivity index is 2.00. The largest absolute Gasteiger partial charge is 0.342 e. The summed E-state index contributed by atoms with van der Waals surface area (Å²) in [7, 11) is 0. The van der Waals surface area contributed by atoms with Gasteiger partial charge < -0.3 is 4.98 Å². The average molecular weight is 236 g/mol. The number of benzene rings is 1. The molecule has 1 aromatic heterocycles. The molecule has 1 N–H and O–H groups in total. The number of nitrogens with one attached hydrogen (secondary N) is 1. The molecule has 4 heteroatoms. The van der Waals surface area contributed by atoms with E-state index in [1.807, 2.05) is 0 Å². The van der Waals surface area contributed by atoms with Gasteiger partial charge in [-0.25, -0.2) is 13.8 Å². The Bertz CT molecular complexity index is 503. The molecule has 3 rings (SSSR count). The lowest BCUT2D eigenvalue weighted by Gasteiger charge is -2.18. The van der Waals surface area contributed by atoms with Gasteiger partial charge in [0.05, 0.1) is 11.0 Å². The molecular formula is C13H14F2N2. The number of imidazole rings is 1. The molecule has 2 aromatic rings. The maximum absolute atomic E-state index is 13.1. The second kappa shape index (κ2) is 4.09. The summed E-state index contributed by atoms with van der Waals surface area (Å²) in [4.78, 5) is 7.49. The molecule has 0 spiro atoms. The van der Waals surface area contributed by atoms with Gasteiger partial charge >= 0.3 is 0 Å². The van der Waals surface area contributed by atoms with E-state index < -0.39 is 11.6 Å². The Morgan fingerprint density at radius 2 is 1.76 bits per heavy atom. The van der Waals surface area contributed by atoms with E-state index in [1.54, 1.807) is 0 Å². The van der Waals surface area contributed by atoms with Crippen LogP contribution in [-0.2, 0) is 0 Å². The van der Waals surface area contributed by atoms with E-state index in [4.69, 9.17) is 0 Å². The lowest BCUT2D eigenvalue weighted by Crippen LogP contribution is -2.05. The fraction of sp³-hybridized carbons (Fsp3) is 0.462. The maximum Gasteiger partial charge on any atom is 0.161 e. The van der Waals surface area contributed by atoms with Crippen molar-refractivity contribution in [2.24, 2.45) is 0 Å². The van der Waals surface area contributed by atoms with E-state index in [2.05, 4.69) is 9.97 Å². The summed E-state index contributed by atoms with van der Waals surface area (Å²) in [6.45, 7) is 0. The number of halogens is 2. The van der Waals surface area contributed by atoms with Gasteiger partial charge in [-0.1, -0.05) is 19.3 Å². The Morgan fingerprint density at radius 1 is 1.06 bits per heavy atom. The number of aromatic nitrogens is 2. The zero-order valence-corrected chi connectivity index (χ0v) is 9.47. The maximum atomic E-state index is 13.1. The zero-order valence-electron chi connectivity index (χ0n) is 9.47. The second-order valence-electron chi connectivity index (χ2n) is 4.74. The molecule has 1 aliphatic rings. The van der Waals surface area contributed by atoms with Gasteiger partial charge in [-0.3, -0.25) is 0 Å². The summed E-state index contributed by atoms with van der Waals surface area (Å²) in [6.07, 6.45) is 5.93. The van der Waals surface area contributed by atoms with Crippen molar-refractivity contribution in [3.05, 3.63) is 29.6 Å². The minimum Gasteiger partial charge on any atom is -0.342 e. The first-order valence-electron chi connectivity index (χ1n) is 6.09. The lowest BCUT2D eigenvalue weighted by molar-refractivity contribution is 0.431. The summed E-state index contributed by atoms with van der Waals surface area (Å²) in [6, 6.07) is 2.34. The molecule has 1 aromatic carbocycles. The van der Waals surface area contributed by atoms with Gasteiger partial charge in [-0.15, -0.1) is 0 Å². The van der Waals surface area contributed by atoms with Gasteiger partial charge in [-0.05, 0) is 12.8 Å². The molecule has 17 heavy (non-hydrogen) atoms.